The fourth-order valence-corrected chi connectivity index (χ4v) is 2.93. The quantitative estimate of drug-likeness (QED) is 0.666. The summed E-state index contributed by atoms with van der Waals surface area (Å²) < 4.78 is 0. The van der Waals surface area contributed by atoms with Gasteiger partial charge in [-0.2, -0.15) is 0 Å². The van der Waals surface area contributed by atoms with E-state index in [0.29, 0.717) is 10.8 Å². The summed E-state index contributed by atoms with van der Waals surface area (Å²) in [6, 6.07) is 0. The maximum absolute atomic E-state index is 5.78. The molecule has 0 saturated heterocycles. The van der Waals surface area contributed by atoms with Crippen LogP contribution in [0.2, 0.25) is 0 Å². The van der Waals surface area contributed by atoms with Gasteiger partial charge in [-0.15, -0.1) is 0 Å². The van der Waals surface area contributed by atoms with Gasteiger partial charge in [0.25, 0.3) is 0 Å². The third-order valence-corrected chi connectivity index (χ3v) is 2.92. The Morgan fingerprint density at radius 1 is 1.27 bits per heavy atom. The van der Waals surface area contributed by atoms with Crippen LogP contribution in [0, 0.1) is 10.8 Å². The summed E-state index contributed by atoms with van der Waals surface area (Å²) in [6.07, 6.45) is 5.29. The van der Waals surface area contributed by atoms with Gasteiger partial charge in [0, 0.05) is 0 Å². The maximum Gasteiger partial charge on any atom is -0.00201 e. The molecule has 1 aliphatic carbocycles. The highest BCUT2D eigenvalue weighted by Gasteiger charge is 2.46. The molecule has 1 fully saturated rings. The molecule has 11 heavy (non-hydrogen) atoms. The summed E-state index contributed by atoms with van der Waals surface area (Å²) >= 11 is 0. The molecule has 0 unspecified atom stereocenters. The summed E-state index contributed by atoms with van der Waals surface area (Å²) in [5.74, 6) is 0. The van der Waals surface area contributed by atoms with Gasteiger partial charge < -0.3 is 5.73 Å². The number of nitrogens with two attached hydrogens (primary N) is 1. The van der Waals surface area contributed by atoms with E-state index in [2.05, 4.69) is 20.8 Å². The standard InChI is InChI=1S/C10H21N/c1-4-5-10(8-11)6-9(2,3)7-10/h4-8,11H2,1-3H3. The predicted molar refractivity (Wildman–Crippen MR) is 49.4 cm³/mol. The Morgan fingerprint density at radius 3 is 2.09 bits per heavy atom. The first-order valence-electron chi connectivity index (χ1n) is 4.74. The minimum Gasteiger partial charge on any atom is -0.330 e. The van der Waals surface area contributed by atoms with Gasteiger partial charge in [-0.1, -0.05) is 27.2 Å². The first-order valence-corrected chi connectivity index (χ1v) is 4.74. The molecule has 0 aromatic rings. The molecule has 1 rings (SSSR count). The van der Waals surface area contributed by atoms with Crippen LogP contribution in [0.1, 0.15) is 46.5 Å². The minimum absolute atomic E-state index is 0.526. The van der Waals surface area contributed by atoms with E-state index in [-0.39, 0.29) is 0 Å². The van der Waals surface area contributed by atoms with Gasteiger partial charge in [-0.3, -0.25) is 0 Å². The molecular formula is C10H21N. The molecule has 0 aromatic heterocycles. The zero-order chi connectivity index (χ0) is 8.54. The Kier molecular flexibility index (Phi) is 2.29. The molecule has 1 saturated carbocycles. The van der Waals surface area contributed by atoms with Crippen molar-refractivity contribution in [3.8, 4) is 0 Å². The van der Waals surface area contributed by atoms with Crippen molar-refractivity contribution in [1.82, 2.24) is 0 Å². The van der Waals surface area contributed by atoms with Gasteiger partial charge in [0.05, 0.1) is 0 Å². The van der Waals surface area contributed by atoms with Crippen LogP contribution in [0.3, 0.4) is 0 Å². The molecule has 0 radical (unpaired) electrons. The third kappa shape index (κ3) is 1.76. The van der Waals surface area contributed by atoms with Gasteiger partial charge in [0.15, 0.2) is 0 Å². The molecule has 0 spiro atoms. The molecule has 0 bridgehead atoms. The predicted octanol–water partition coefficient (Wildman–Crippen LogP) is 2.55. The van der Waals surface area contributed by atoms with E-state index in [9.17, 15) is 0 Å². The van der Waals surface area contributed by atoms with Crippen LogP contribution in [0.15, 0.2) is 0 Å². The molecule has 0 aliphatic heterocycles. The van der Waals surface area contributed by atoms with Crippen LogP contribution in [0.25, 0.3) is 0 Å². The fourth-order valence-electron chi connectivity index (χ4n) is 2.93. The molecule has 1 nitrogen and oxygen atoms in total. The highest BCUT2D eigenvalue weighted by atomic mass is 14.7. The second-order valence-corrected chi connectivity index (χ2v) is 4.97. The van der Waals surface area contributed by atoms with E-state index in [1.54, 1.807) is 0 Å². The zero-order valence-corrected chi connectivity index (χ0v) is 8.11. The molecule has 1 aliphatic rings. The topological polar surface area (TPSA) is 26.0 Å². The van der Waals surface area contributed by atoms with Gasteiger partial charge >= 0.3 is 0 Å². The van der Waals surface area contributed by atoms with Crippen LogP contribution in [-0.2, 0) is 0 Å². The molecule has 66 valence electrons. The monoisotopic (exact) mass is 155 g/mol. The number of hydrogen-bond donors (Lipinski definition) is 1. The second-order valence-electron chi connectivity index (χ2n) is 4.97. The molecule has 0 atom stereocenters. The third-order valence-electron chi connectivity index (χ3n) is 2.92. The van der Waals surface area contributed by atoms with Crippen molar-refractivity contribution in [3.63, 3.8) is 0 Å². The van der Waals surface area contributed by atoms with Crippen LogP contribution in [0.4, 0.5) is 0 Å². The molecule has 0 amide bonds. The number of hydrogen-bond acceptors (Lipinski definition) is 1. The van der Waals surface area contributed by atoms with Crippen molar-refractivity contribution >= 4 is 0 Å². The molecule has 1 heteroatoms. The van der Waals surface area contributed by atoms with E-state index in [0.717, 1.165) is 6.54 Å². The van der Waals surface area contributed by atoms with Crippen LogP contribution in [-0.4, -0.2) is 6.54 Å². The van der Waals surface area contributed by atoms with Crippen molar-refractivity contribution < 1.29 is 0 Å². The molecular weight excluding hydrogens is 134 g/mol. The summed E-state index contributed by atoms with van der Waals surface area (Å²) in [4.78, 5) is 0. The summed E-state index contributed by atoms with van der Waals surface area (Å²) in [5, 5.41) is 0. The first-order chi connectivity index (χ1) is 5.04. The Morgan fingerprint density at radius 2 is 1.82 bits per heavy atom. The lowest BCUT2D eigenvalue weighted by Gasteiger charge is -2.53. The lowest BCUT2D eigenvalue weighted by molar-refractivity contribution is -0.0129. The largest absolute Gasteiger partial charge is 0.330 e. The summed E-state index contributed by atoms with van der Waals surface area (Å²) in [5.41, 5.74) is 6.88. The van der Waals surface area contributed by atoms with Gasteiger partial charge in [0.2, 0.25) is 0 Å². The van der Waals surface area contributed by atoms with Crippen LogP contribution >= 0.6 is 0 Å². The van der Waals surface area contributed by atoms with Crippen molar-refractivity contribution in [2.24, 2.45) is 16.6 Å². The van der Waals surface area contributed by atoms with Crippen LogP contribution < -0.4 is 5.73 Å². The zero-order valence-electron chi connectivity index (χ0n) is 8.11. The molecule has 0 heterocycles. The van der Waals surface area contributed by atoms with Gasteiger partial charge in [-0.25, -0.2) is 0 Å². The Labute approximate surface area is 70.4 Å². The highest BCUT2D eigenvalue weighted by Crippen LogP contribution is 2.55. The summed E-state index contributed by atoms with van der Waals surface area (Å²) in [6.45, 7) is 7.83. The highest BCUT2D eigenvalue weighted by molar-refractivity contribution is 4.98. The Hall–Kier alpha value is -0.0400. The van der Waals surface area contributed by atoms with E-state index in [4.69, 9.17) is 5.73 Å². The normalized spacial score (nSPS) is 26.2. The first kappa shape index (κ1) is 9.05. The van der Waals surface area contributed by atoms with Gasteiger partial charge in [-0.05, 0) is 36.6 Å². The van der Waals surface area contributed by atoms with E-state index in [1.807, 2.05) is 0 Å². The van der Waals surface area contributed by atoms with Gasteiger partial charge in [0.1, 0.15) is 0 Å². The van der Waals surface area contributed by atoms with Crippen molar-refractivity contribution in [3.05, 3.63) is 0 Å². The average molecular weight is 155 g/mol. The lowest BCUT2D eigenvalue weighted by atomic mass is 9.53. The van der Waals surface area contributed by atoms with Crippen LogP contribution in [0.5, 0.6) is 0 Å². The maximum atomic E-state index is 5.78. The minimum atomic E-state index is 0.526. The van der Waals surface area contributed by atoms with Crippen molar-refractivity contribution in [1.29, 1.82) is 0 Å². The molecule has 0 aromatic carbocycles. The summed E-state index contributed by atoms with van der Waals surface area (Å²) in [7, 11) is 0. The van der Waals surface area contributed by atoms with E-state index < -0.39 is 0 Å². The Balaban J connectivity index is 2.43. The average Bonchev–Trinajstić information content (AvgIpc) is 1.84. The van der Waals surface area contributed by atoms with Crippen molar-refractivity contribution in [2.45, 2.75) is 46.5 Å². The molecule has 2 N–H and O–H groups in total. The Bertz CT molecular complexity index is 130. The van der Waals surface area contributed by atoms with E-state index in [1.165, 1.54) is 25.7 Å². The number of rotatable bonds is 3. The fraction of sp³-hybridized carbons (Fsp3) is 1.00. The SMILES string of the molecule is CCCC1(CN)CC(C)(C)C1. The second kappa shape index (κ2) is 2.78. The van der Waals surface area contributed by atoms with Crippen molar-refractivity contribution in [2.75, 3.05) is 6.54 Å². The smallest absolute Gasteiger partial charge is 0.00201 e. The van der Waals surface area contributed by atoms with E-state index >= 15 is 0 Å². The lowest BCUT2D eigenvalue weighted by Crippen LogP contribution is -2.47.